The summed E-state index contributed by atoms with van der Waals surface area (Å²) in [5.41, 5.74) is 12.8. The van der Waals surface area contributed by atoms with Crippen molar-refractivity contribution in [1.29, 1.82) is 0 Å². The fraction of sp³-hybridized carbons (Fsp3) is 0. The molecule has 3 heterocycles. The molecule has 11 aromatic rings. The van der Waals surface area contributed by atoms with Crippen molar-refractivity contribution >= 4 is 80.5 Å². The number of hydrogen-bond acceptors (Lipinski definition) is 3. The summed E-state index contributed by atoms with van der Waals surface area (Å²) in [6.07, 6.45) is 1.86. The summed E-state index contributed by atoms with van der Waals surface area (Å²) in [6, 6.07) is 78.7. The molecule has 0 saturated carbocycles. The van der Waals surface area contributed by atoms with Crippen molar-refractivity contribution in [2.45, 2.75) is 0 Å². The van der Waals surface area contributed by atoms with Gasteiger partial charge >= 0.3 is 0 Å². The first-order valence-corrected chi connectivity index (χ1v) is 20.8. The fourth-order valence-corrected chi connectivity index (χ4v) is 9.02. The van der Waals surface area contributed by atoms with E-state index in [-0.39, 0.29) is 0 Å². The summed E-state index contributed by atoms with van der Waals surface area (Å²) in [7, 11) is 0.404. The standard InChI is InChI=1S/C29H22N3P.C24H18N2/c1-2-10-23(11-3-1)32(33-29-16-8-9-21-30-29)24-19-17-22(18-20-24)31-27-14-6-4-12-25(27)26-13-5-7-15-28(26)31;1-2-8-18(9-3-1)25-19-14-16-20(17-15-19)26-23-12-6-4-10-21(23)22-11-5-7-13-24(22)26/h1-21,33H;1-17,25H. The second-order valence-electron chi connectivity index (χ2n) is 14.3. The van der Waals surface area contributed by atoms with Gasteiger partial charge in [0.25, 0.3) is 0 Å². The van der Waals surface area contributed by atoms with Crippen molar-refractivity contribution in [3.05, 3.63) is 231 Å². The number of pyridine rings is 1. The van der Waals surface area contributed by atoms with Crippen LogP contribution >= 0.6 is 8.73 Å². The zero-order valence-electron chi connectivity index (χ0n) is 32.2. The van der Waals surface area contributed by atoms with Gasteiger partial charge in [-0.25, -0.2) is 0 Å². The predicted octanol–water partition coefficient (Wildman–Crippen LogP) is 13.8. The van der Waals surface area contributed by atoms with Crippen molar-refractivity contribution in [3.63, 3.8) is 0 Å². The van der Waals surface area contributed by atoms with Gasteiger partial charge in [-0.05, 0) is 109 Å². The first kappa shape index (κ1) is 35.9. The van der Waals surface area contributed by atoms with Gasteiger partial charge in [-0.2, -0.15) is 0 Å². The van der Waals surface area contributed by atoms with Crippen LogP contribution in [-0.2, 0) is 0 Å². The Morgan fingerprint density at radius 1 is 0.356 bits per heavy atom. The summed E-state index contributed by atoms with van der Waals surface area (Å²) in [5.74, 6) is 0. The minimum absolute atomic E-state index is 0.404. The van der Waals surface area contributed by atoms with Gasteiger partial charge in [-0.1, -0.05) is 115 Å². The minimum atomic E-state index is 0.404. The van der Waals surface area contributed by atoms with E-state index in [0.29, 0.717) is 8.73 Å². The summed E-state index contributed by atoms with van der Waals surface area (Å²) in [6.45, 7) is 0. The minimum Gasteiger partial charge on any atom is -0.356 e. The number of nitrogens with one attached hydrogen (secondary N) is 1. The van der Waals surface area contributed by atoms with Crippen LogP contribution in [0.1, 0.15) is 0 Å². The van der Waals surface area contributed by atoms with Gasteiger partial charge in [0.15, 0.2) is 0 Å². The molecule has 0 radical (unpaired) electrons. The Kier molecular flexibility index (Phi) is 9.85. The summed E-state index contributed by atoms with van der Waals surface area (Å²) in [4.78, 5) is 4.56. The average molecular weight is 778 g/mol. The Balaban J connectivity index is 0.000000147. The van der Waals surface area contributed by atoms with Gasteiger partial charge in [0.2, 0.25) is 0 Å². The Bertz CT molecular complexity index is 3030. The maximum atomic E-state index is 4.56. The highest BCUT2D eigenvalue weighted by Gasteiger charge is 2.15. The lowest BCUT2D eigenvalue weighted by atomic mass is 10.2. The molecule has 0 saturated heterocycles. The van der Waals surface area contributed by atoms with Crippen LogP contribution in [0.15, 0.2) is 231 Å². The smallest absolute Gasteiger partial charge is 0.0811 e. The van der Waals surface area contributed by atoms with Crippen molar-refractivity contribution in [2.24, 2.45) is 0 Å². The van der Waals surface area contributed by atoms with Crippen LogP contribution in [0.25, 0.3) is 55.0 Å². The molecule has 0 amide bonds. The number of nitrogens with zero attached hydrogens (tertiary/aromatic N) is 4. The predicted molar refractivity (Wildman–Crippen MR) is 252 cm³/mol. The third kappa shape index (κ3) is 7.21. The van der Waals surface area contributed by atoms with E-state index in [9.17, 15) is 0 Å². The second kappa shape index (κ2) is 16.2. The first-order chi connectivity index (χ1) is 29.3. The van der Waals surface area contributed by atoms with E-state index in [1.54, 1.807) is 0 Å². The van der Waals surface area contributed by atoms with E-state index in [2.05, 4.69) is 218 Å². The lowest BCUT2D eigenvalue weighted by Crippen LogP contribution is -2.12. The number of hydrogen-bond donors (Lipinski definition) is 1. The van der Waals surface area contributed by atoms with Crippen LogP contribution in [0.5, 0.6) is 0 Å². The van der Waals surface area contributed by atoms with E-state index in [0.717, 1.165) is 33.9 Å². The molecular weight excluding hydrogens is 738 g/mol. The molecule has 11 rings (SSSR count). The van der Waals surface area contributed by atoms with Crippen molar-refractivity contribution in [1.82, 2.24) is 14.1 Å². The Morgan fingerprint density at radius 2 is 0.746 bits per heavy atom. The molecule has 282 valence electrons. The van der Waals surface area contributed by atoms with Crippen LogP contribution in [0.2, 0.25) is 0 Å². The van der Waals surface area contributed by atoms with Crippen LogP contribution in [0.3, 0.4) is 0 Å². The van der Waals surface area contributed by atoms with Crippen molar-refractivity contribution in [2.75, 3.05) is 9.99 Å². The topological polar surface area (TPSA) is 38.0 Å². The molecule has 0 spiro atoms. The quantitative estimate of drug-likeness (QED) is 0.156. The SMILES string of the molecule is c1ccc(N(Pc2ccccn2)c2ccc(-n3c4ccccc4c4ccccc43)cc2)cc1.c1ccc(Nc2ccc(-n3c4ccccc4c4ccccc43)cc2)cc1. The number of rotatable bonds is 8. The number of aromatic nitrogens is 3. The maximum absolute atomic E-state index is 4.56. The van der Waals surface area contributed by atoms with Gasteiger partial charge in [0.1, 0.15) is 0 Å². The van der Waals surface area contributed by atoms with E-state index in [1.165, 1.54) is 49.3 Å². The van der Waals surface area contributed by atoms with Crippen molar-refractivity contribution in [3.8, 4) is 11.4 Å². The molecule has 0 fully saturated rings. The van der Waals surface area contributed by atoms with Gasteiger partial charge in [0.05, 0.1) is 27.5 Å². The van der Waals surface area contributed by atoms with Crippen molar-refractivity contribution < 1.29 is 0 Å². The Labute approximate surface area is 345 Å². The van der Waals surface area contributed by atoms with Gasteiger partial charge in [-0.15, -0.1) is 0 Å². The molecule has 6 heteroatoms. The first-order valence-electron chi connectivity index (χ1n) is 19.8. The molecular formula is C53H40N5P. The number of benzene rings is 8. The molecule has 5 nitrogen and oxygen atoms in total. The molecule has 0 aliphatic rings. The zero-order chi connectivity index (χ0) is 39.4. The van der Waals surface area contributed by atoms with Crippen LogP contribution < -0.4 is 15.4 Å². The number of fused-ring (bicyclic) bond motifs is 6. The molecule has 1 atom stereocenters. The maximum Gasteiger partial charge on any atom is 0.0811 e. The fourth-order valence-electron chi connectivity index (χ4n) is 7.93. The van der Waals surface area contributed by atoms with Gasteiger partial charge in [0, 0.05) is 70.6 Å². The third-order valence-corrected chi connectivity index (χ3v) is 11.9. The number of para-hydroxylation sites is 6. The highest BCUT2D eigenvalue weighted by Crippen LogP contribution is 2.38. The molecule has 3 aromatic heterocycles. The molecule has 59 heavy (non-hydrogen) atoms. The summed E-state index contributed by atoms with van der Waals surface area (Å²) >= 11 is 0. The second-order valence-corrected chi connectivity index (χ2v) is 15.5. The molecule has 0 aliphatic heterocycles. The highest BCUT2D eigenvalue weighted by molar-refractivity contribution is 7.49. The molecule has 0 aliphatic carbocycles. The largest absolute Gasteiger partial charge is 0.356 e. The van der Waals surface area contributed by atoms with Crippen LogP contribution in [0, 0.1) is 0 Å². The van der Waals surface area contributed by atoms with Crippen LogP contribution in [0.4, 0.5) is 22.7 Å². The molecule has 1 N–H and O–H groups in total. The lowest BCUT2D eigenvalue weighted by molar-refractivity contribution is 1.18. The molecule has 0 bridgehead atoms. The van der Waals surface area contributed by atoms with Gasteiger partial charge < -0.3 is 19.1 Å². The molecule has 1 unspecified atom stereocenters. The zero-order valence-corrected chi connectivity index (χ0v) is 33.2. The Morgan fingerprint density at radius 3 is 1.22 bits per heavy atom. The van der Waals surface area contributed by atoms with Gasteiger partial charge in [-0.3, -0.25) is 4.98 Å². The number of anilines is 4. The lowest BCUT2D eigenvalue weighted by Gasteiger charge is -2.24. The average Bonchev–Trinajstić information content (AvgIpc) is 3.83. The van der Waals surface area contributed by atoms with E-state index in [4.69, 9.17) is 0 Å². The third-order valence-electron chi connectivity index (χ3n) is 10.6. The van der Waals surface area contributed by atoms with E-state index >= 15 is 0 Å². The summed E-state index contributed by atoms with van der Waals surface area (Å²) < 4.78 is 7.01. The normalized spacial score (nSPS) is 11.3. The Hall–Kier alpha value is -7.46. The van der Waals surface area contributed by atoms with E-state index < -0.39 is 0 Å². The summed E-state index contributed by atoms with van der Waals surface area (Å²) in [5, 5.41) is 8.57. The van der Waals surface area contributed by atoms with E-state index in [1.807, 2.05) is 36.5 Å². The highest BCUT2D eigenvalue weighted by atomic mass is 31.1. The molecule has 8 aromatic carbocycles. The monoisotopic (exact) mass is 777 g/mol. The van der Waals surface area contributed by atoms with Crippen LogP contribution in [-0.4, -0.2) is 14.1 Å².